The van der Waals surface area contributed by atoms with Gasteiger partial charge in [0.1, 0.15) is 6.10 Å². The highest BCUT2D eigenvalue weighted by Gasteiger charge is 2.69. The minimum Gasteiger partial charge on any atom is -0.377 e. The minimum absolute atomic E-state index is 0.314. The van der Waals surface area contributed by atoms with E-state index in [4.69, 9.17) is 9.47 Å². The smallest absolute Gasteiger partial charge is 0.258 e. The number of ether oxygens (including phenoxy) is 2. The van der Waals surface area contributed by atoms with Crippen molar-refractivity contribution in [1.29, 1.82) is 0 Å². The lowest BCUT2D eigenvalue weighted by molar-refractivity contribution is -0.231. The van der Waals surface area contributed by atoms with E-state index in [1.54, 1.807) is 30.9 Å². The first-order chi connectivity index (χ1) is 9.60. The van der Waals surface area contributed by atoms with E-state index in [-0.39, 0.29) is 12.0 Å². The van der Waals surface area contributed by atoms with E-state index in [0.29, 0.717) is 13.2 Å². The van der Waals surface area contributed by atoms with Crippen molar-refractivity contribution in [3.05, 3.63) is 25.3 Å². The summed E-state index contributed by atoms with van der Waals surface area (Å²) in [7, 11) is 0. The van der Waals surface area contributed by atoms with E-state index >= 15 is 0 Å². The fraction of sp³-hybridized carbons (Fsp3) is 0.688. The first-order valence-electron chi connectivity index (χ1n) is 7.20. The molecule has 0 aliphatic carbocycles. The summed E-state index contributed by atoms with van der Waals surface area (Å²) in [4.78, 5) is 14.1. The topological polar surface area (TPSA) is 59.0 Å². The molecule has 0 saturated carbocycles. The predicted octanol–water partition coefficient (Wildman–Crippen LogP) is 1.48. The molecule has 2 fully saturated rings. The number of likely N-dealkylation sites (tertiary alicyclic amines) is 1. The van der Waals surface area contributed by atoms with E-state index in [9.17, 15) is 9.90 Å². The van der Waals surface area contributed by atoms with Crippen molar-refractivity contribution in [1.82, 2.24) is 4.90 Å². The normalized spacial score (nSPS) is 35.5. The highest BCUT2D eigenvalue weighted by molar-refractivity contribution is 5.94. The Morgan fingerprint density at radius 3 is 2.52 bits per heavy atom. The number of β-lactam (4-membered cyclic amide) rings is 1. The molecule has 0 aromatic rings. The second-order valence-corrected chi connectivity index (χ2v) is 6.75. The van der Waals surface area contributed by atoms with Gasteiger partial charge in [-0.2, -0.15) is 0 Å². The van der Waals surface area contributed by atoms with Gasteiger partial charge in [-0.25, -0.2) is 0 Å². The Balaban J connectivity index is 2.35. The second-order valence-electron chi connectivity index (χ2n) is 6.75. The van der Waals surface area contributed by atoms with Crippen molar-refractivity contribution in [2.45, 2.75) is 51.2 Å². The standard InChI is InChI=1S/C16H25NO4/c1-7-9-17-12(11-10-20-15(5,6)21-11)16(19,13(17)18)14(3,4)8-2/h7-8,11-12,19H,1-2,9-10H2,3-6H3/t11-,12+,16-/m1/s1. The molecule has 2 aliphatic rings. The molecule has 2 aliphatic heterocycles. The van der Waals surface area contributed by atoms with Gasteiger partial charge >= 0.3 is 0 Å². The Labute approximate surface area is 126 Å². The van der Waals surface area contributed by atoms with Crippen LogP contribution in [0.2, 0.25) is 0 Å². The summed E-state index contributed by atoms with van der Waals surface area (Å²) in [5.74, 6) is -1.02. The SMILES string of the molecule is C=CCN1C(=O)[C@@](O)(C(C)(C)C=C)[C@@H]1[C@H]1COC(C)(C)O1. The highest BCUT2D eigenvalue weighted by Crippen LogP contribution is 2.48. The van der Waals surface area contributed by atoms with Crippen LogP contribution in [0.25, 0.3) is 0 Å². The summed E-state index contributed by atoms with van der Waals surface area (Å²) in [6.45, 7) is 15.4. The summed E-state index contributed by atoms with van der Waals surface area (Å²) in [6, 6.07) is -0.474. The third-order valence-corrected chi connectivity index (χ3v) is 4.55. The molecule has 1 amide bonds. The number of nitrogens with zero attached hydrogens (tertiary/aromatic N) is 1. The molecule has 5 heteroatoms. The lowest BCUT2D eigenvalue weighted by atomic mass is 9.62. The van der Waals surface area contributed by atoms with Gasteiger partial charge in [0, 0.05) is 12.0 Å². The van der Waals surface area contributed by atoms with Gasteiger partial charge in [-0.3, -0.25) is 4.79 Å². The quantitative estimate of drug-likeness (QED) is 0.616. The molecule has 2 rings (SSSR count). The van der Waals surface area contributed by atoms with E-state index in [2.05, 4.69) is 13.2 Å². The number of aliphatic hydroxyl groups is 1. The molecular formula is C16H25NO4. The molecule has 0 unspecified atom stereocenters. The van der Waals surface area contributed by atoms with E-state index in [1.165, 1.54) is 0 Å². The van der Waals surface area contributed by atoms with Gasteiger partial charge in [-0.05, 0) is 13.8 Å². The molecule has 0 radical (unpaired) electrons. The van der Waals surface area contributed by atoms with Gasteiger partial charge in [-0.1, -0.05) is 26.0 Å². The zero-order valence-electron chi connectivity index (χ0n) is 13.3. The number of amides is 1. The molecule has 0 spiro atoms. The van der Waals surface area contributed by atoms with Gasteiger partial charge in [0.2, 0.25) is 0 Å². The zero-order chi connectivity index (χ0) is 16.1. The summed E-state index contributed by atoms with van der Waals surface area (Å²) < 4.78 is 11.5. The maximum Gasteiger partial charge on any atom is 0.258 e. The largest absolute Gasteiger partial charge is 0.377 e. The van der Waals surface area contributed by atoms with Crippen molar-refractivity contribution in [2.75, 3.05) is 13.2 Å². The number of rotatable bonds is 5. The Morgan fingerprint density at radius 1 is 1.48 bits per heavy atom. The maximum atomic E-state index is 12.5. The molecule has 3 atom stereocenters. The number of hydrogen-bond donors (Lipinski definition) is 1. The van der Waals surface area contributed by atoms with Gasteiger partial charge in [0.05, 0.1) is 12.6 Å². The molecule has 21 heavy (non-hydrogen) atoms. The molecule has 0 aromatic carbocycles. The van der Waals surface area contributed by atoms with Gasteiger partial charge in [0.15, 0.2) is 11.4 Å². The van der Waals surface area contributed by atoms with Crippen molar-refractivity contribution >= 4 is 5.91 Å². The van der Waals surface area contributed by atoms with Crippen molar-refractivity contribution < 1.29 is 19.4 Å². The molecular weight excluding hydrogens is 270 g/mol. The molecule has 2 saturated heterocycles. The van der Waals surface area contributed by atoms with Crippen molar-refractivity contribution in [3.8, 4) is 0 Å². The monoisotopic (exact) mass is 295 g/mol. The molecule has 0 bridgehead atoms. The van der Waals surface area contributed by atoms with Crippen LogP contribution in [0.5, 0.6) is 0 Å². The summed E-state index contributed by atoms with van der Waals surface area (Å²) in [5.41, 5.74) is -2.30. The maximum absolute atomic E-state index is 12.5. The fourth-order valence-electron chi connectivity index (χ4n) is 3.12. The third-order valence-electron chi connectivity index (χ3n) is 4.55. The first-order valence-corrected chi connectivity index (χ1v) is 7.20. The van der Waals surface area contributed by atoms with Crippen LogP contribution in [0.15, 0.2) is 25.3 Å². The molecule has 5 nitrogen and oxygen atoms in total. The highest BCUT2D eigenvalue weighted by atomic mass is 16.7. The van der Waals surface area contributed by atoms with Crippen LogP contribution in [0.1, 0.15) is 27.7 Å². The lowest BCUT2D eigenvalue weighted by Gasteiger charge is -2.59. The third kappa shape index (κ3) is 2.24. The van der Waals surface area contributed by atoms with Crippen LogP contribution in [-0.2, 0) is 14.3 Å². The van der Waals surface area contributed by atoms with E-state index in [0.717, 1.165) is 0 Å². The van der Waals surface area contributed by atoms with Crippen LogP contribution in [0.4, 0.5) is 0 Å². The van der Waals surface area contributed by atoms with Crippen LogP contribution in [-0.4, -0.2) is 52.6 Å². The van der Waals surface area contributed by atoms with Crippen LogP contribution >= 0.6 is 0 Å². The van der Waals surface area contributed by atoms with Crippen molar-refractivity contribution in [2.24, 2.45) is 5.41 Å². The van der Waals surface area contributed by atoms with Gasteiger partial charge < -0.3 is 19.5 Å². The average Bonchev–Trinajstić information content (AvgIpc) is 2.76. The Hall–Kier alpha value is -1.17. The van der Waals surface area contributed by atoms with E-state index < -0.39 is 22.8 Å². The second kappa shape index (κ2) is 4.93. The first kappa shape index (κ1) is 16.2. The number of carbonyl (C=O) groups excluding carboxylic acids is 1. The van der Waals surface area contributed by atoms with Crippen LogP contribution < -0.4 is 0 Å². The number of hydrogen-bond acceptors (Lipinski definition) is 4. The summed E-state index contributed by atoms with van der Waals surface area (Å²) in [6.07, 6.45) is 2.89. The van der Waals surface area contributed by atoms with Crippen LogP contribution in [0.3, 0.4) is 0 Å². The summed E-state index contributed by atoms with van der Waals surface area (Å²) in [5, 5.41) is 11.1. The average molecular weight is 295 g/mol. The van der Waals surface area contributed by atoms with E-state index in [1.807, 2.05) is 13.8 Å². The Kier molecular flexibility index (Phi) is 3.81. The van der Waals surface area contributed by atoms with Gasteiger partial charge in [-0.15, -0.1) is 13.2 Å². The molecule has 1 N–H and O–H groups in total. The van der Waals surface area contributed by atoms with Crippen molar-refractivity contribution in [3.63, 3.8) is 0 Å². The predicted molar refractivity (Wildman–Crippen MR) is 79.5 cm³/mol. The molecule has 0 aromatic heterocycles. The fourth-order valence-corrected chi connectivity index (χ4v) is 3.12. The molecule has 2 heterocycles. The van der Waals surface area contributed by atoms with Crippen LogP contribution in [0, 0.1) is 5.41 Å². The number of carbonyl (C=O) groups is 1. The Morgan fingerprint density at radius 2 is 2.10 bits per heavy atom. The molecule has 118 valence electrons. The zero-order valence-corrected chi connectivity index (χ0v) is 13.3. The summed E-state index contributed by atoms with van der Waals surface area (Å²) >= 11 is 0. The lowest BCUT2D eigenvalue weighted by Crippen LogP contribution is -2.81. The Bertz CT molecular complexity index is 471. The van der Waals surface area contributed by atoms with Gasteiger partial charge in [0.25, 0.3) is 5.91 Å². The minimum atomic E-state index is -1.54.